The van der Waals surface area contributed by atoms with Crippen LogP contribution in [0.4, 0.5) is 0 Å². The predicted octanol–water partition coefficient (Wildman–Crippen LogP) is 4.24. The second-order valence-electron chi connectivity index (χ2n) is 8.23. The Balaban J connectivity index is 1.78. The van der Waals surface area contributed by atoms with Crippen molar-refractivity contribution in [2.75, 3.05) is 6.61 Å². The Labute approximate surface area is 157 Å². The summed E-state index contributed by atoms with van der Waals surface area (Å²) >= 11 is 0. The van der Waals surface area contributed by atoms with Gasteiger partial charge in [-0.25, -0.2) is 0 Å². The van der Waals surface area contributed by atoms with Gasteiger partial charge in [0.05, 0.1) is 25.2 Å². The number of benzene rings is 1. The molecule has 1 fully saturated rings. The van der Waals surface area contributed by atoms with Gasteiger partial charge in [-0.1, -0.05) is 30.3 Å². The Morgan fingerprint density at radius 3 is 2.46 bits per heavy atom. The molecule has 1 aromatic carbocycles. The van der Waals surface area contributed by atoms with Gasteiger partial charge in [-0.15, -0.1) is 0 Å². The molecular weight excluding hydrogens is 332 g/mol. The third kappa shape index (κ3) is 7.85. The molecule has 1 aliphatic rings. The lowest BCUT2D eigenvalue weighted by Crippen LogP contribution is -2.46. The van der Waals surface area contributed by atoms with Crippen LogP contribution < -0.4 is 0 Å². The Morgan fingerprint density at radius 2 is 1.81 bits per heavy atom. The summed E-state index contributed by atoms with van der Waals surface area (Å²) < 4.78 is 23.1. The molecule has 5 heteroatoms. The van der Waals surface area contributed by atoms with Crippen LogP contribution in [0.15, 0.2) is 30.3 Å². The lowest BCUT2D eigenvalue weighted by atomic mass is 10.0. The van der Waals surface area contributed by atoms with Gasteiger partial charge in [0.1, 0.15) is 5.60 Å². The average Bonchev–Trinajstić information content (AvgIpc) is 2.49. The highest BCUT2D eigenvalue weighted by atomic mass is 16.7. The topological polar surface area (TPSA) is 54.0 Å². The van der Waals surface area contributed by atoms with Crippen LogP contribution in [0.5, 0.6) is 0 Å². The first-order valence-electron chi connectivity index (χ1n) is 9.32. The van der Waals surface area contributed by atoms with Crippen LogP contribution in [0.25, 0.3) is 0 Å². The van der Waals surface area contributed by atoms with E-state index in [1.54, 1.807) is 0 Å². The lowest BCUT2D eigenvalue weighted by Gasteiger charge is -2.40. The maximum atomic E-state index is 12.1. The second kappa shape index (κ2) is 8.98. The molecule has 2 unspecified atom stereocenters. The van der Waals surface area contributed by atoms with Crippen molar-refractivity contribution < 1.29 is 23.7 Å². The molecule has 0 bridgehead atoms. The molecule has 26 heavy (non-hydrogen) atoms. The molecule has 0 saturated carbocycles. The van der Waals surface area contributed by atoms with Gasteiger partial charge in [-0.2, -0.15) is 0 Å². The predicted molar refractivity (Wildman–Crippen MR) is 99.6 cm³/mol. The SMILES string of the molecule is CC(C)(C)OC(=O)CC1CC(CCOCc2ccccc2)OC(C)(C)O1. The largest absolute Gasteiger partial charge is 0.460 e. The van der Waals surface area contributed by atoms with E-state index in [9.17, 15) is 4.79 Å². The van der Waals surface area contributed by atoms with E-state index in [0.29, 0.717) is 19.6 Å². The standard InChI is InChI=1S/C21H32O5/c1-20(2,3)26-19(22)14-18-13-17(24-21(4,5)25-18)11-12-23-15-16-9-7-6-8-10-16/h6-10,17-18H,11-15H2,1-5H3. The highest BCUT2D eigenvalue weighted by molar-refractivity contribution is 5.70. The second-order valence-corrected chi connectivity index (χ2v) is 8.23. The molecule has 0 spiro atoms. The van der Waals surface area contributed by atoms with E-state index in [0.717, 1.165) is 12.0 Å². The zero-order valence-electron chi connectivity index (χ0n) is 16.6. The molecule has 1 aromatic rings. The fourth-order valence-electron chi connectivity index (χ4n) is 3.07. The molecule has 1 saturated heterocycles. The molecular formula is C21H32O5. The number of ether oxygens (including phenoxy) is 4. The normalized spacial score (nSPS) is 22.8. The summed E-state index contributed by atoms with van der Waals surface area (Å²) in [4.78, 5) is 12.1. The Kier molecular flexibility index (Phi) is 7.21. The van der Waals surface area contributed by atoms with Crippen LogP contribution in [-0.2, 0) is 30.3 Å². The summed E-state index contributed by atoms with van der Waals surface area (Å²) in [5.41, 5.74) is 0.672. The van der Waals surface area contributed by atoms with Gasteiger partial charge >= 0.3 is 5.97 Å². The molecule has 146 valence electrons. The Hall–Kier alpha value is -1.43. The molecule has 0 amide bonds. The zero-order valence-corrected chi connectivity index (χ0v) is 16.6. The summed E-state index contributed by atoms with van der Waals surface area (Å²) in [5, 5.41) is 0. The smallest absolute Gasteiger partial charge is 0.308 e. The number of carbonyl (C=O) groups excluding carboxylic acids is 1. The van der Waals surface area contributed by atoms with Crippen molar-refractivity contribution in [3.63, 3.8) is 0 Å². The maximum Gasteiger partial charge on any atom is 0.308 e. The molecule has 2 rings (SSSR count). The third-order valence-corrected chi connectivity index (χ3v) is 3.94. The van der Waals surface area contributed by atoms with Crippen molar-refractivity contribution in [2.45, 2.75) is 84.1 Å². The number of rotatable bonds is 7. The highest BCUT2D eigenvalue weighted by Crippen LogP contribution is 2.30. The van der Waals surface area contributed by atoms with Crippen LogP contribution in [0, 0.1) is 0 Å². The molecule has 2 atom stereocenters. The minimum absolute atomic E-state index is 0.00181. The van der Waals surface area contributed by atoms with Crippen molar-refractivity contribution in [2.24, 2.45) is 0 Å². The van der Waals surface area contributed by atoms with Crippen molar-refractivity contribution in [1.82, 2.24) is 0 Å². The van der Waals surface area contributed by atoms with Crippen LogP contribution in [0.2, 0.25) is 0 Å². The van der Waals surface area contributed by atoms with Crippen LogP contribution in [0.1, 0.15) is 59.4 Å². The first kappa shape index (κ1) is 20.9. The zero-order chi connectivity index (χ0) is 19.2. The maximum absolute atomic E-state index is 12.1. The van der Waals surface area contributed by atoms with E-state index < -0.39 is 11.4 Å². The van der Waals surface area contributed by atoms with Crippen molar-refractivity contribution in [3.8, 4) is 0 Å². The quantitative estimate of drug-likeness (QED) is 0.535. The minimum Gasteiger partial charge on any atom is -0.460 e. The number of esters is 1. The van der Waals surface area contributed by atoms with Crippen molar-refractivity contribution in [3.05, 3.63) is 35.9 Å². The summed E-state index contributed by atoms with van der Waals surface area (Å²) in [6, 6.07) is 10.1. The van der Waals surface area contributed by atoms with Gasteiger partial charge in [0.25, 0.3) is 0 Å². The van der Waals surface area contributed by atoms with E-state index in [2.05, 4.69) is 0 Å². The summed E-state index contributed by atoms with van der Waals surface area (Å²) in [6.07, 6.45) is 1.47. The van der Waals surface area contributed by atoms with Gasteiger partial charge in [0, 0.05) is 13.0 Å². The molecule has 5 nitrogen and oxygen atoms in total. The first-order valence-corrected chi connectivity index (χ1v) is 9.32. The fraction of sp³-hybridized carbons (Fsp3) is 0.667. The summed E-state index contributed by atoms with van der Waals surface area (Å²) in [6.45, 7) is 10.6. The molecule has 1 aliphatic heterocycles. The number of hydrogen-bond donors (Lipinski definition) is 0. The average molecular weight is 364 g/mol. The van der Waals surface area contributed by atoms with Gasteiger partial charge in [-0.3, -0.25) is 4.79 Å². The van der Waals surface area contributed by atoms with Gasteiger partial charge < -0.3 is 18.9 Å². The van der Waals surface area contributed by atoms with E-state index in [-0.39, 0.29) is 24.6 Å². The monoisotopic (exact) mass is 364 g/mol. The van der Waals surface area contributed by atoms with E-state index >= 15 is 0 Å². The van der Waals surface area contributed by atoms with Crippen molar-refractivity contribution in [1.29, 1.82) is 0 Å². The van der Waals surface area contributed by atoms with E-state index in [1.807, 2.05) is 65.0 Å². The molecule has 1 heterocycles. The van der Waals surface area contributed by atoms with Crippen LogP contribution in [-0.4, -0.2) is 36.2 Å². The molecule has 0 aromatic heterocycles. The Bertz CT molecular complexity index is 562. The molecule has 0 aliphatic carbocycles. The van der Waals surface area contributed by atoms with Crippen LogP contribution >= 0.6 is 0 Å². The molecule has 0 N–H and O–H groups in total. The summed E-state index contributed by atoms with van der Waals surface area (Å²) in [7, 11) is 0. The van der Waals surface area contributed by atoms with Gasteiger partial charge in [0.15, 0.2) is 5.79 Å². The first-order chi connectivity index (χ1) is 12.1. The van der Waals surface area contributed by atoms with Gasteiger partial charge in [-0.05, 0) is 46.6 Å². The number of hydrogen-bond acceptors (Lipinski definition) is 5. The van der Waals surface area contributed by atoms with E-state index in [4.69, 9.17) is 18.9 Å². The van der Waals surface area contributed by atoms with Crippen LogP contribution in [0.3, 0.4) is 0 Å². The highest BCUT2D eigenvalue weighted by Gasteiger charge is 2.36. The van der Waals surface area contributed by atoms with Gasteiger partial charge in [0.2, 0.25) is 0 Å². The van der Waals surface area contributed by atoms with Crippen molar-refractivity contribution >= 4 is 5.97 Å². The van der Waals surface area contributed by atoms with E-state index in [1.165, 1.54) is 0 Å². The third-order valence-electron chi connectivity index (χ3n) is 3.94. The fourth-order valence-corrected chi connectivity index (χ4v) is 3.07. The molecule has 0 radical (unpaired) electrons. The summed E-state index contributed by atoms with van der Waals surface area (Å²) in [5.74, 6) is -0.950. The lowest BCUT2D eigenvalue weighted by molar-refractivity contribution is -0.301. The Morgan fingerprint density at radius 1 is 1.15 bits per heavy atom. The number of carbonyl (C=O) groups is 1. The minimum atomic E-state index is -0.713.